The second kappa shape index (κ2) is 7.87. The number of anilines is 3. The Balaban J connectivity index is 1.78. The zero-order valence-corrected chi connectivity index (χ0v) is 14.8. The lowest BCUT2D eigenvalue weighted by Gasteiger charge is -2.09. The fourth-order valence-corrected chi connectivity index (χ4v) is 2.81. The van der Waals surface area contributed by atoms with Gasteiger partial charge in [0.25, 0.3) is 5.91 Å². The van der Waals surface area contributed by atoms with Crippen molar-refractivity contribution in [1.82, 2.24) is 4.98 Å². The van der Waals surface area contributed by atoms with Gasteiger partial charge in [0.15, 0.2) is 0 Å². The number of nitriles is 1. The van der Waals surface area contributed by atoms with Crippen LogP contribution in [0.15, 0.2) is 60.8 Å². The quantitative estimate of drug-likeness (QED) is 0.645. The highest BCUT2D eigenvalue weighted by Crippen LogP contribution is 2.25. The van der Waals surface area contributed by atoms with Crippen molar-refractivity contribution in [3.8, 4) is 6.07 Å². The number of nitrogens with one attached hydrogen (secondary N) is 2. The maximum absolute atomic E-state index is 12.4. The van der Waals surface area contributed by atoms with E-state index in [0.29, 0.717) is 38.4 Å². The Labute approximate surface area is 160 Å². The molecule has 2 N–H and O–H groups in total. The average molecular weight is 383 g/mol. The van der Waals surface area contributed by atoms with Crippen LogP contribution >= 0.6 is 23.2 Å². The van der Waals surface area contributed by atoms with Crippen molar-refractivity contribution >= 4 is 46.3 Å². The maximum Gasteiger partial charge on any atom is 0.255 e. The molecule has 1 aromatic heterocycles. The Kier molecular flexibility index (Phi) is 5.37. The van der Waals surface area contributed by atoms with Crippen molar-refractivity contribution < 1.29 is 4.79 Å². The van der Waals surface area contributed by atoms with Gasteiger partial charge < -0.3 is 10.6 Å². The molecule has 2 aromatic carbocycles. The molecule has 3 aromatic rings. The molecule has 0 saturated heterocycles. The van der Waals surface area contributed by atoms with Crippen molar-refractivity contribution in [2.75, 3.05) is 10.6 Å². The summed E-state index contributed by atoms with van der Waals surface area (Å²) in [7, 11) is 0. The third-order valence-electron chi connectivity index (χ3n) is 3.41. The number of carbonyl (C=O) groups is 1. The number of hydrogen-bond acceptors (Lipinski definition) is 4. The van der Waals surface area contributed by atoms with Crippen LogP contribution in [0.3, 0.4) is 0 Å². The molecule has 0 radical (unpaired) electrons. The van der Waals surface area contributed by atoms with Crippen LogP contribution in [0.2, 0.25) is 10.0 Å². The highest BCUT2D eigenvalue weighted by molar-refractivity contribution is 6.35. The summed E-state index contributed by atoms with van der Waals surface area (Å²) >= 11 is 12.0. The zero-order chi connectivity index (χ0) is 18.5. The largest absolute Gasteiger partial charge is 0.340 e. The van der Waals surface area contributed by atoms with Crippen LogP contribution in [0.1, 0.15) is 15.9 Å². The minimum atomic E-state index is -0.310. The second-order valence-electron chi connectivity index (χ2n) is 5.36. The summed E-state index contributed by atoms with van der Waals surface area (Å²) < 4.78 is 0. The van der Waals surface area contributed by atoms with E-state index in [9.17, 15) is 4.79 Å². The topological polar surface area (TPSA) is 77.8 Å². The van der Waals surface area contributed by atoms with E-state index < -0.39 is 0 Å². The Morgan fingerprint density at radius 1 is 1.00 bits per heavy atom. The summed E-state index contributed by atoms with van der Waals surface area (Å²) in [5, 5.41) is 15.7. The van der Waals surface area contributed by atoms with Gasteiger partial charge in [-0.05, 0) is 48.5 Å². The van der Waals surface area contributed by atoms with Crippen LogP contribution in [0.5, 0.6) is 0 Å². The lowest BCUT2D eigenvalue weighted by molar-refractivity contribution is 0.102. The molecule has 0 aliphatic carbocycles. The van der Waals surface area contributed by atoms with E-state index in [1.54, 1.807) is 54.6 Å². The molecule has 0 saturated carbocycles. The number of halogens is 2. The number of hydrogen-bond donors (Lipinski definition) is 2. The first-order valence-corrected chi connectivity index (χ1v) is 8.30. The van der Waals surface area contributed by atoms with E-state index in [1.165, 1.54) is 6.20 Å². The van der Waals surface area contributed by atoms with Gasteiger partial charge in [0.2, 0.25) is 0 Å². The SMILES string of the molecule is N#Cc1cccc(NC(=O)c2ccnc(Nc3cc(Cl)cc(Cl)c3)c2)c1. The lowest BCUT2D eigenvalue weighted by Crippen LogP contribution is -2.12. The molecule has 0 aliphatic rings. The molecule has 0 bridgehead atoms. The molecule has 0 spiro atoms. The number of pyridine rings is 1. The van der Waals surface area contributed by atoms with Crippen molar-refractivity contribution in [2.45, 2.75) is 0 Å². The molecular formula is C19H12Cl2N4O. The number of rotatable bonds is 4. The van der Waals surface area contributed by atoms with Gasteiger partial charge in [0.1, 0.15) is 5.82 Å². The molecule has 0 fully saturated rings. The Morgan fingerprint density at radius 3 is 2.50 bits per heavy atom. The van der Waals surface area contributed by atoms with Crippen molar-refractivity contribution in [3.63, 3.8) is 0 Å². The van der Waals surface area contributed by atoms with Crippen LogP contribution in [0, 0.1) is 11.3 Å². The van der Waals surface area contributed by atoms with Crippen LogP contribution < -0.4 is 10.6 Å². The summed E-state index contributed by atoms with van der Waals surface area (Å²) in [6.45, 7) is 0. The van der Waals surface area contributed by atoms with Crippen LogP contribution in [0.25, 0.3) is 0 Å². The van der Waals surface area contributed by atoms with Gasteiger partial charge in [-0.1, -0.05) is 29.3 Å². The van der Waals surface area contributed by atoms with E-state index in [4.69, 9.17) is 28.5 Å². The van der Waals surface area contributed by atoms with E-state index in [2.05, 4.69) is 15.6 Å². The fraction of sp³-hybridized carbons (Fsp3) is 0. The first kappa shape index (κ1) is 17.7. The normalized spacial score (nSPS) is 10.0. The molecule has 0 unspecified atom stereocenters. The van der Waals surface area contributed by atoms with Gasteiger partial charge in [-0.2, -0.15) is 5.26 Å². The van der Waals surface area contributed by atoms with Gasteiger partial charge in [-0.15, -0.1) is 0 Å². The number of aromatic nitrogens is 1. The maximum atomic E-state index is 12.4. The minimum absolute atomic E-state index is 0.310. The summed E-state index contributed by atoms with van der Waals surface area (Å²) in [6.07, 6.45) is 1.52. The highest BCUT2D eigenvalue weighted by atomic mass is 35.5. The lowest BCUT2D eigenvalue weighted by atomic mass is 10.2. The Bertz CT molecular complexity index is 994. The van der Waals surface area contributed by atoms with Gasteiger partial charge in [-0.25, -0.2) is 4.98 Å². The molecule has 1 heterocycles. The molecule has 0 atom stereocenters. The zero-order valence-electron chi connectivity index (χ0n) is 13.3. The molecule has 1 amide bonds. The standard InChI is InChI=1S/C19H12Cl2N4O/c20-14-8-15(21)10-17(9-14)24-18-7-13(4-5-23-18)19(26)25-16-3-1-2-12(6-16)11-22/h1-10H,(H,23,24)(H,25,26). The van der Waals surface area contributed by atoms with Gasteiger partial charge in [0, 0.05) is 33.2 Å². The molecular weight excluding hydrogens is 371 g/mol. The summed E-state index contributed by atoms with van der Waals surface area (Å²) in [4.78, 5) is 16.6. The van der Waals surface area contributed by atoms with Crippen molar-refractivity contribution in [3.05, 3.63) is 82.0 Å². The first-order chi connectivity index (χ1) is 12.5. The number of carbonyl (C=O) groups excluding carboxylic acids is 1. The second-order valence-corrected chi connectivity index (χ2v) is 6.23. The van der Waals surface area contributed by atoms with Crippen molar-refractivity contribution in [2.24, 2.45) is 0 Å². The summed E-state index contributed by atoms with van der Waals surface area (Å²) in [6, 6.07) is 17.0. The van der Waals surface area contributed by atoms with Gasteiger partial charge in [0.05, 0.1) is 11.6 Å². The predicted molar refractivity (Wildman–Crippen MR) is 103 cm³/mol. The van der Waals surface area contributed by atoms with E-state index in [-0.39, 0.29) is 5.91 Å². The van der Waals surface area contributed by atoms with E-state index >= 15 is 0 Å². The monoisotopic (exact) mass is 382 g/mol. The fourth-order valence-electron chi connectivity index (χ4n) is 2.28. The Hall–Kier alpha value is -3.07. The molecule has 3 rings (SSSR count). The summed E-state index contributed by atoms with van der Waals surface area (Å²) in [5.41, 5.74) is 2.09. The Morgan fingerprint density at radius 2 is 1.77 bits per heavy atom. The predicted octanol–water partition coefficient (Wildman–Crippen LogP) is 5.26. The molecule has 128 valence electrons. The van der Waals surface area contributed by atoms with Crippen molar-refractivity contribution in [1.29, 1.82) is 5.26 Å². The minimum Gasteiger partial charge on any atom is -0.340 e. The average Bonchev–Trinajstić information content (AvgIpc) is 2.61. The van der Waals surface area contributed by atoms with E-state index in [0.717, 1.165) is 0 Å². The molecule has 7 heteroatoms. The third kappa shape index (κ3) is 4.51. The smallest absolute Gasteiger partial charge is 0.255 e. The molecule has 0 aliphatic heterocycles. The van der Waals surface area contributed by atoms with Gasteiger partial charge in [-0.3, -0.25) is 4.79 Å². The number of benzene rings is 2. The van der Waals surface area contributed by atoms with E-state index in [1.807, 2.05) is 6.07 Å². The number of amides is 1. The third-order valence-corrected chi connectivity index (χ3v) is 3.84. The van der Waals surface area contributed by atoms with Crippen LogP contribution in [0.4, 0.5) is 17.2 Å². The highest BCUT2D eigenvalue weighted by Gasteiger charge is 2.09. The van der Waals surface area contributed by atoms with Crippen LogP contribution in [-0.2, 0) is 0 Å². The van der Waals surface area contributed by atoms with Crippen LogP contribution in [-0.4, -0.2) is 10.9 Å². The molecule has 5 nitrogen and oxygen atoms in total. The van der Waals surface area contributed by atoms with Gasteiger partial charge >= 0.3 is 0 Å². The molecule has 26 heavy (non-hydrogen) atoms. The first-order valence-electron chi connectivity index (χ1n) is 7.54. The summed E-state index contributed by atoms with van der Waals surface area (Å²) in [5.74, 6) is 0.163. The number of nitrogens with zero attached hydrogens (tertiary/aromatic N) is 2.